The van der Waals surface area contributed by atoms with Gasteiger partial charge in [0.05, 0.1) is 25.9 Å². The van der Waals surface area contributed by atoms with Gasteiger partial charge < -0.3 is 15.4 Å². The fourth-order valence-corrected chi connectivity index (χ4v) is 4.13. The van der Waals surface area contributed by atoms with E-state index in [0.717, 1.165) is 56.0 Å². The Labute approximate surface area is 180 Å². The number of piperazine rings is 1. The third-order valence-corrected chi connectivity index (χ3v) is 6.04. The number of carbonyl (C=O) groups excluding carboxylic acids is 2. The molecule has 2 N–H and O–H groups in total. The van der Waals surface area contributed by atoms with Crippen LogP contribution in [0.5, 0.6) is 5.75 Å². The van der Waals surface area contributed by atoms with Gasteiger partial charge in [-0.1, -0.05) is 0 Å². The van der Waals surface area contributed by atoms with Crippen LogP contribution in [0.15, 0.2) is 29.6 Å². The number of methoxy groups -OCH3 is 1. The molecule has 0 atom stereocenters. The van der Waals surface area contributed by atoms with Gasteiger partial charge in [-0.3, -0.25) is 19.4 Å². The van der Waals surface area contributed by atoms with Gasteiger partial charge in [-0.15, -0.1) is 11.3 Å². The zero-order valence-electron chi connectivity index (χ0n) is 17.1. The van der Waals surface area contributed by atoms with E-state index < -0.39 is 0 Å². The number of rotatable bonds is 8. The van der Waals surface area contributed by atoms with E-state index in [0.29, 0.717) is 24.3 Å². The van der Waals surface area contributed by atoms with Crippen molar-refractivity contribution in [1.29, 1.82) is 0 Å². The first kappa shape index (κ1) is 20.8. The van der Waals surface area contributed by atoms with Crippen molar-refractivity contribution in [1.82, 2.24) is 20.1 Å². The summed E-state index contributed by atoms with van der Waals surface area (Å²) in [7, 11) is 1.64. The number of nitrogens with one attached hydrogen (secondary N) is 2. The van der Waals surface area contributed by atoms with Gasteiger partial charge in [0.25, 0.3) is 0 Å². The highest BCUT2D eigenvalue weighted by atomic mass is 32.1. The highest BCUT2D eigenvalue weighted by Crippen LogP contribution is 2.26. The number of nitrogens with zero attached hydrogens (tertiary/aromatic N) is 3. The predicted octanol–water partition coefficient (Wildman–Crippen LogP) is 1.65. The van der Waals surface area contributed by atoms with Crippen molar-refractivity contribution < 1.29 is 14.3 Å². The van der Waals surface area contributed by atoms with E-state index in [1.54, 1.807) is 7.11 Å². The average molecular weight is 430 g/mol. The molecule has 4 rings (SSSR count). The predicted molar refractivity (Wildman–Crippen MR) is 117 cm³/mol. The molecule has 160 valence electrons. The monoisotopic (exact) mass is 429 g/mol. The molecule has 1 aliphatic heterocycles. The summed E-state index contributed by atoms with van der Waals surface area (Å²) in [5.41, 5.74) is 1.81. The molecular formula is C21H27N5O3S. The molecule has 1 saturated heterocycles. The highest BCUT2D eigenvalue weighted by molar-refractivity contribution is 7.14. The Bertz CT molecular complexity index is 873. The van der Waals surface area contributed by atoms with Crippen LogP contribution >= 0.6 is 11.3 Å². The van der Waals surface area contributed by atoms with Crippen LogP contribution in [-0.2, 0) is 9.59 Å². The molecule has 2 fully saturated rings. The zero-order chi connectivity index (χ0) is 20.9. The van der Waals surface area contributed by atoms with Gasteiger partial charge in [-0.2, -0.15) is 0 Å². The number of carbonyl (C=O) groups is 2. The Morgan fingerprint density at radius 1 is 1.07 bits per heavy atom. The summed E-state index contributed by atoms with van der Waals surface area (Å²) in [5, 5.41) is 8.45. The van der Waals surface area contributed by atoms with Gasteiger partial charge in [0, 0.05) is 43.2 Å². The summed E-state index contributed by atoms with van der Waals surface area (Å²) in [5.74, 6) is 0.844. The quantitative estimate of drug-likeness (QED) is 0.664. The first-order valence-electron chi connectivity index (χ1n) is 10.2. The second kappa shape index (κ2) is 9.55. The number of anilines is 1. The molecule has 2 aromatic rings. The Morgan fingerprint density at radius 2 is 1.70 bits per heavy atom. The van der Waals surface area contributed by atoms with Crippen molar-refractivity contribution in [2.24, 2.45) is 0 Å². The molecule has 8 nitrogen and oxygen atoms in total. The third-order valence-electron chi connectivity index (χ3n) is 5.28. The Morgan fingerprint density at radius 3 is 2.30 bits per heavy atom. The number of benzene rings is 1. The van der Waals surface area contributed by atoms with Crippen LogP contribution in [0.25, 0.3) is 11.3 Å². The SMILES string of the molecule is COc1ccc(-c2csc(NC(=O)CN3CCN(CC(=O)NC4CC4)CC3)n2)cc1. The van der Waals surface area contributed by atoms with Gasteiger partial charge >= 0.3 is 0 Å². The molecule has 2 heterocycles. The summed E-state index contributed by atoms with van der Waals surface area (Å²) < 4.78 is 5.18. The minimum Gasteiger partial charge on any atom is -0.497 e. The summed E-state index contributed by atoms with van der Waals surface area (Å²) in [6, 6.07) is 8.08. The van der Waals surface area contributed by atoms with E-state index in [-0.39, 0.29) is 11.8 Å². The van der Waals surface area contributed by atoms with Crippen molar-refractivity contribution in [3.8, 4) is 17.0 Å². The lowest BCUT2D eigenvalue weighted by molar-refractivity contribution is -0.123. The summed E-state index contributed by atoms with van der Waals surface area (Å²) in [6.07, 6.45) is 2.21. The average Bonchev–Trinajstić information content (AvgIpc) is 3.44. The molecule has 0 bridgehead atoms. The number of amides is 2. The first-order chi connectivity index (χ1) is 14.6. The van der Waals surface area contributed by atoms with Crippen molar-refractivity contribution >= 4 is 28.3 Å². The third kappa shape index (κ3) is 5.78. The maximum Gasteiger partial charge on any atom is 0.240 e. The number of ether oxygens (including phenoxy) is 1. The summed E-state index contributed by atoms with van der Waals surface area (Å²) in [4.78, 5) is 33.1. The molecule has 0 radical (unpaired) electrons. The first-order valence-corrected chi connectivity index (χ1v) is 11.1. The topological polar surface area (TPSA) is 86.8 Å². The van der Waals surface area contributed by atoms with Crippen LogP contribution in [0.3, 0.4) is 0 Å². The number of hydrogen-bond donors (Lipinski definition) is 2. The molecule has 1 aliphatic carbocycles. The van der Waals surface area contributed by atoms with Gasteiger partial charge in [0.2, 0.25) is 11.8 Å². The Balaban J connectivity index is 1.20. The van der Waals surface area contributed by atoms with E-state index in [9.17, 15) is 9.59 Å². The standard InChI is InChI=1S/C21H27N5O3S/c1-29-17-6-2-15(3-7-17)18-14-30-21(23-18)24-20(28)13-26-10-8-25(9-11-26)12-19(27)22-16-4-5-16/h2-3,6-7,14,16H,4-5,8-13H2,1H3,(H,22,27)(H,23,24,28). The normalized spacial score (nSPS) is 17.5. The lowest BCUT2D eigenvalue weighted by Gasteiger charge is -2.33. The minimum atomic E-state index is -0.0643. The van der Waals surface area contributed by atoms with Crippen LogP contribution < -0.4 is 15.4 Å². The second-order valence-electron chi connectivity index (χ2n) is 7.71. The number of hydrogen-bond acceptors (Lipinski definition) is 7. The van der Waals surface area contributed by atoms with Gasteiger partial charge in [-0.25, -0.2) is 4.98 Å². The van der Waals surface area contributed by atoms with Crippen LogP contribution in [0, 0.1) is 0 Å². The van der Waals surface area contributed by atoms with Crippen molar-refractivity contribution in [3.05, 3.63) is 29.6 Å². The fourth-order valence-electron chi connectivity index (χ4n) is 3.40. The van der Waals surface area contributed by atoms with Crippen LogP contribution in [0.2, 0.25) is 0 Å². The Kier molecular flexibility index (Phi) is 6.61. The molecule has 1 aromatic carbocycles. The molecule has 0 unspecified atom stereocenters. The molecule has 2 amide bonds. The Hall–Kier alpha value is -2.49. The zero-order valence-corrected chi connectivity index (χ0v) is 17.9. The van der Waals surface area contributed by atoms with Crippen LogP contribution in [-0.4, -0.2) is 79.0 Å². The maximum atomic E-state index is 12.4. The fraction of sp³-hybridized carbons (Fsp3) is 0.476. The highest BCUT2D eigenvalue weighted by Gasteiger charge is 2.25. The molecule has 30 heavy (non-hydrogen) atoms. The smallest absolute Gasteiger partial charge is 0.240 e. The lowest BCUT2D eigenvalue weighted by atomic mass is 10.2. The van der Waals surface area contributed by atoms with Crippen molar-refractivity contribution in [3.63, 3.8) is 0 Å². The van der Waals surface area contributed by atoms with E-state index in [1.807, 2.05) is 29.6 Å². The van der Waals surface area contributed by atoms with E-state index in [1.165, 1.54) is 11.3 Å². The largest absolute Gasteiger partial charge is 0.497 e. The molecule has 2 aliphatic rings. The molecule has 1 aromatic heterocycles. The van der Waals surface area contributed by atoms with Gasteiger partial charge in [0.15, 0.2) is 5.13 Å². The van der Waals surface area contributed by atoms with Gasteiger partial charge in [-0.05, 0) is 37.1 Å². The van der Waals surface area contributed by atoms with Gasteiger partial charge in [0.1, 0.15) is 5.75 Å². The van der Waals surface area contributed by atoms with E-state index in [4.69, 9.17) is 4.74 Å². The van der Waals surface area contributed by atoms with Crippen molar-refractivity contribution in [2.75, 3.05) is 51.7 Å². The molecule has 1 saturated carbocycles. The maximum absolute atomic E-state index is 12.4. The minimum absolute atomic E-state index is 0.0643. The van der Waals surface area contributed by atoms with Crippen LogP contribution in [0.4, 0.5) is 5.13 Å². The molecule has 0 spiro atoms. The van der Waals surface area contributed by atoms with Crippen LogP contribution in [0.1, 0.15) is 12.8 Å². The molecule has 9 heteroatoms. The number of aromatic nitrogens is 1. The van der Waals surface area contributed by atoms with E-state index in [2.05, 4.69) is 25.4 Å². The summed E-state index contributed by atoms with van der Waals surface area (Å²) >= 11 is 1.42. The number of thiazole rings is 1. The summed E-state index contributed by atoms with van der Waals surface area (Å²) in [6.45, 7) is 3.93. The van der Waals surface area contributed by atoms with Crippen molar-refractivity contribution in [2.45, 2.75) is 18.9 Å². The molecular weight excluding hydrogens is 402 g/mol. The lowest BCUT2D eigenvalue weighted by Crippen LogP contribution is -2.51. The second-order valence-corrected chi connectivity index (χ2v) is 8.57. The van der Waals surface area contributed by atoms with E-state index >= 15 is 0 Å².